The second-order valence-corrected chi connectivity index (χ2v) is 3.01. The lowest BCUT2D eigenvalue weighted by atomic mass is 9.92. The SMILES string of the molecule is CCC[C@@H](CC(=O)O)[C@@H](N)C(=O)O. The molecule has 0 unspecified atom stereocenters. The summed E-state index contributed by atoms with van der Waals surface area (Å²) in [7, 11) is 0. The Morgan fingerprint density at radius 2 is 1.92 bits per heavy atom. The van der Waals surface area contributed by atoms with E-state index in [1.54, 1.807) is 0 Å². The van der Waals surface area contributed by atoms with Crippen molar-refractivity contribution in [2.75, 3.05) is 0 Å². The van der Waals surface area contributed by atoms with Gasteiger partial charge >= 0.3 is 11.9 Å². The van der Waals surface area contributed by atoms with Gasteiger partial charge in [0.2, 0.25) is 0 Å². The van der Waals surface area contributed by atoms with Crippen LogP contribution >= 0.6 is 0 Å². The van der Waals surface area contributed by atoms with Gasteiger partial charge in [-0.3, -0.25) is 9.59 Å². The minimum atomic E-state index is -1.14. The van der Waals surface area contributed by atoms with Crippen molar-refractivity contribution in [3.8, 4) is 0 Å². The highest BCUT2D eigenvalue weighted by Gasteiger charge is 2.25. The van der Waals surface area contributed by atoms with Crippen LogP contribution < -0.4 is 5.73 Å². The molecule has 2 atom stereocenters. The molecule has 0 amide bonds. The van der Waals surface area contributed by atoms with Gasteiger partial charge in [-0.2, -0.15) is 0 Å². The van der Waals surface area contributed by atoms with Crippen molar-refractivity contribution in [3.63, 3.8) is 0 Å². The number of rotatable bonds is 6. The van der Waals surface area contributed by atoms with Crippen LogP contribution in [0.4, 0.5) is 0 Å². The maximum Gasteiger partial charge on any atom is 0.320 e. The predicted octanol–water partition coefficient (Wildman–Crippen LogP) is 0.289. The molecule has 0 spiro atoms. The molecule has 0 aromatic heterocycles. The van der Waals surface area contributed by atoms with Crippen LogP contribution in [0.25, 0.3) is 0 Å². The molecule has 0 bridgehead atoms. The van der Waals surface area contributed by atoms with Crippen LogP contribution in [-0.2, 0) is 9.59 Å². The van der Waals surface area contributed by atoms with Gasteiger partial charge < -0.3 is 15.9 Å². The number of carboxylic acid groups (broad SMARTS) is 2. The molecule has 0 aliphatic rings. The molecule has 0 saturated heterocycles. The fourth-order valence-corrected chi connectivity index (χ4v) is 1.21. The maximum atomic E-state index is 10.5. The van der Waals surface area contributed by atoms with Gasteiger partial charge in [0.15, 0.2) is 0 Å². The van der Waals surface area contributed by atoms with Gasteiger partial charge in [0.25, 0.3) is 0 Å². The normalized spacial score (nSPS) is 14.9. The van der Waals surface area contributed by atoms with Crippen LogP contribution in [0.15, 0.2) is 0 Å². The Morgan fingerprint density at radius 1 is 1.38 bits per heavy atom. The fraction of sp³-hybridized carbons (Fsp3) is 0.750. The molecule has 5 heteroatoms. The number of carboxylic acids is 2. The summed E-state index contributed by atoms with van der Waals surface area (Å²) in [4.78, 5) is 20.8. The summed E-state index contributed by atoms with van der Waals surface area (Å²) in [5, 5.41) is 17.1. The molecule has 0 aromatic carbocycles. The van der Waals surface area contributed by atoms with Crippen LogP contribution in [0.2, 0.25) is 0 Å². The van der Waals surface area contributed by atoms with Crippen LogP contribution in [0.1, 0.15) is 26.2 Å². The van der Waals surface area contributed by atoms with Crippen molar-refractivity contribution in [1.82, 2.24) is 0 Å². The van der Waals surface area contributed by atoms with Gasteiger partial charge in [-0.1, -0.05) is 13.3 Å². The van der Waals surface area contributed by atoms with E-state index < -0.39 is 23.9 Å². The molecular weight excluding hydrogens is 174 g/mol. The van der Waals surface area contributed by atoms with Crippen molar-refractivity contribution >= 4 is 11.9 Å². The lowest BCUT2D eigenvalue weighted by molar-refractivity contribution is -0.142. The van der Waals surface area contributed by atoms with E-state index in [0.29, 0.717) is 6.42 Å². The Balaban J connectivity index is 4.22. The number of aliphatic carboxylic acids is 2. The van der Waals surface area contributed by atoms with Crippen molar-refractivity contribution in [2.45, 2.75) is 32.2 Å². The molecule has 0 radical (unpaired) electrons. The number of nitrogens with two attached hydrogens (primary N) is 1. The van der Waals surface area contributed by atoms with Crippen LogP contribution in [0.5, 0.6) is 0 Å². The molecule has 0 heterocycles. The third-order valence-electron chi connectivity index (χ3n) is 1.89. The van der Waals surface area contributed by atoms with E-state index in [4.69, 9.17) is 15.9 Å². The van der Waals surface area contributed by atoms with Crippen LogP contribution in [0, 0.1) is 5.92 Å². The van der Waals surface area contributed by atoms with Crippen LogP contribution in [-0.4, -0.2) is 28.2 Å². The fourth-order valence-electron chi connectivity index (χ4n) is 1.21. The first-order valence-corrected chi connectivity index (χ1v) is 4.19. The predicted molar refractivity (Wildman–Crippen MR) is 46.3 cm³/mol. The minimum absolute atomic E-state index is 0.179. The molecule has 76 valence electrons. The van der Waals surface area contributed by atoms with E-state index in [0.717, 1.165) is 6.42 Å². The molecule has 4 N–H and O–H groups in total. The molecule has 0 saturated carbocycles. The third kappa shape index (κ3) is 4.47. The monoisotopic (exact) mass is 189 g/mol. The Hall–Kier alpha value is -1.10. The topological polar surface area (TPSA) is 101 Å². The van der Waals surface area contributed by atoms with Gasteiger partial charge in [-0.05, 0) is 12.3 Å². The molecule has 5 nitrogen and oxygen atoms in total. The van der Waals surface area contributed by atoms with Crippen molar-refractivity contribution < 1.29 is 19.8 Å². The maximum absolute atomic E-state index is 10.5. The molecule has 0 aliphatic heterocycles. The van der Waals surface area contributed by atoms with Crippen LogP contribution in [0.3, 0.4) is 0 Å². The standard InChI is InChI=1S/C8H15NO4/c1-2-3-5(4-6(10)11)7(9)8(12)13/h5,7H,2-4,9H2,1H3,(H,10,11)(H,12,13)/t5-,7+/m0/s1. The van der Waals surface area contributed by atoms with E-state index in [2.05, 4.69) is 0 Å². The summed E-state index contributed by atoms with van der Waals surface area (Å²) < 4.78 is 0. The third-order valence-corrected chi connectivity index (χ3v) is 1.89. The Kier molecular flexibility index (Phi) is 5.06. The van der Waals surface area contributed by atoms with E-state index in [1.807, 2.05) is 6.92 Å². The summed E-state index contributed by atoms with van der Waals surface area (Å²) in [5.41, 5.74) is 5.33. The highest BCUT2D eigenvalue weighted by atomic mass is 16.4. The summed E-state index contributed by atoms with van der Waals surface area (Å²) in [6, 6.07) is -1.07. The zero-order chi connectivity index (χ0) is 10.4. The Labute approximate surface area is 76.5 Å². The highest BCUT2D eigenvalue weighted by molar-refractivity contribution is 5.75. The Morgan fingerprint density at radius 3 is 2.23 bits per heavy atom. The largest absolute Gasteiger partial charge is 0.481 e. The molecule has 0 rings (SSSR count). The lowest BCUT2D eigenvalue weighted by Gasteiger charge is -2.17. The number of hydrogen-bond donors (Lipinski definition) is 3. The average Bonchev–Trinajstić information content (AvgIpc) is 2.01. The summed E-state index contributed by atoms with van der Waals surface area (Å²) in [6.07, 6.45) is 1.08. The van der Waals surface area contributed by atoms with E-state index in [1.165, 1.54) is 0 Å². The first-order valence-electron chi connectivity index (χ1n) is 4.19. The lowest BCUT2D eigenvalue weighted by Crippen LogP contribution is -2.39. The second-order valence-electron chi connectivity index (χ2n) is 3.01. The smallest absolute Gasteiger partial charge is 0.320 e. The van der Waals surface area contributed by atoms with E-state index in [9.17, 15) is 9.59 Å². The molecular formula is C8H15NO4. The van der Waals surface area contributed by atoms with Crippen molar-refractivity contribution in [2.24, 2.45) is 11.7 Å². The second kappa shape index (κ2) is 5.53. The van der Waals surface area contributed by atoms with Crippen molar-refractivity contribution in [1.29, 1.82) is 0 Å². The average molecular weight is 189 g/mol. The van der Waals surface area contributed by atoms with Gasteiger partial charge in [0.05, 0.1) is 6.42 Å². The number of carbonyl (C=O) groups is 2. The minimum Gasteiger partial charge on any atom is -0.481 e. The summed E-state index contributed by atoms with van der Waals surface area (Å²) in [6.45, 7) is 1.86. The van der Waals surface area contributed by atoms with Gasteiger partial charge in [0.1, 0.15) is 6.04 Å². The Bertz CT molecular complexity index is 193. The zero-order valence-corrected chi connectivity index (χ0v) is 7.56. The summed E-state index contributed by atoms with van der Waals surface area (Å²) in [5.74, 6) is -2.62. The first-order chi connectivity index (χ1) is 5.99. The highest BCUT2D eigenvalue weighted by Crippen LogP contribution is 2.14. The quantitative estimate of drug-likeness (QED) is 0.557. The molecule has 0 aliphatic carbocycles. The first kappa shape index (κ1) is 11.9. The van der Waals surface area contributed by atoms with Crippen molar-refractivity contribution in [3.05, 3.63) is 0 Å². The molecule has 13 heavy (non-hydrogen) atoms. The van der Waals surface area contributed by atoms with Gasteiger partial charge in [-0.15, -0.1) is 0 Å². The molecule has 0 fully saturated rings. The summed E-state index contributed by atoms with van der Waals surface area (Å²) >= 11 is 0. The zero-order valence-electron chi connectivity index (χ0n) is 7.56. The van der Waals surface area contributed by atoms with E-state index >= 15 is 0 Å². The van der Waals surface area contributed by atoms with Gasteiger partial charge in [-0.25, -0.2) is 0 Å². The van der Waals surface area contributed by atoms with Gasteiger partial charge in [0, 0.05) is 0 Å². The number of hydrogen-bond acceptors (Lipinski definition) is 3. The molecule has 0 aromatic rings. The van der Waals surface area contributed by atoms with E-state index in [-0.39, 0.29) is 6.42 Å².